The summed E-state index contributed by atoms with van der Waals surface area (Å²) in [5.41, 5.74) is 1.20. The third kappa shape index (κ3) is 4.20. The maximum absolute atomic E-state index is 12.4. The van der Waals surface area contributed by atoms with Crippen LogP contribution in [0.4, 0.5) is 0 Å². The molecular weight excluding hydrogens is 316 g/mol. The van der Waals surface area contributed by atoms with Crippen LogP contribution in [0.3, 0.4) is 0 Å². The fraction of sp³-hybridized carbons (Fsp3) is 0.474. The Morgan fingerprint density at radius 2 is 1.96 bits per heavy atom. The Kier molecular flexibility index (Phi) is 5.71. The molecule has 1 aliphatic heterocycles. The predicted molar refractivity (Wildman–Crippen MR) is 96.7 cm³/mol. The first kappa shape index (κ1) is 17.5. The van der Waals surface area contributed by atoms with Crippen LogP contribution in [0.5, 0.6) is 5.75 Å². The molecule has 6 heteroatoms. The van der Waals surface area contributed by atoms with Gasteiger partial charge in [-0.05, 0) is 43.6 Å². The molecule has 0 aliphatic carbocycles. The second-order valence-corrected chi connectivity index (χ2v) is 6.46. The Labute approximate surface area is 148 Å². The van der Waals surface area contributed by atoms with Crippen LogP contribution in [0.15, 0.2) is 36.7 Å². The number of nitrogens with zero attached hydrogens (tertiary/aromatic N) is 3. The summed E-state index contributed by atoms with van der Waals surface area (Å²) in [7, 11) is 3.50. The molecule has 1 N–H and O–H groups in total. The van der Waals surface area contributed by atoms with Crippen LogP contribution >= 0.6 is 0 Å². The number of aryl methyl sites for hydroxylation is 1. The Bertz CT molecular complexity index is 690. The van der Waals surface area contributed by atoms with E-state index in [0.717, 1.165) is 18.8 Å². The SMILES string of the molecule is COc1ccc(C(CNC(=O)c2nccn2C)N2CCCCC2)cc1. The number of piperidine rings is 1. The number of carbonyl (C=O) groups is 1. The molecular formula is C19H26N4O2. The molecule has 2 aromatic rings. The molecule has 0 bridgehead atoms. The first-order chi connectivity index (χ1) is 12.2. The molecule has 3 rings (SSSR count). The minimum absolute atomic E-state index is 0.136. The Morgan fingerprint density at radius 1 is 1.24 bits per heavy atom. The summed E-state index contributed by atoms with van der Waals surface area (Å²) in [6, 6.07) is 8.30. The molecule has 1 saturated heterocycles. The fourth-order valence-corrected chi connectivity index (χ4v) is 3.37. The van der Waals surface area contributed by atoms with Gasteiger partial charge in [-0.25, -0.2) is 4.98 Å². The van der Waals surface area contributed by atoms with Gasteiger partial charge in [0.1, 0.15) is 5.75 Å². The number of rotatable bonds is 6. The first-order valence-electron chi connectivity index (χ1n) is 8.82. The van der Waals surface area contributed by atoms with Crippen LogP contribution in [0.2, 0.25) is 0 Å². The van der Waals surface area contributed by atoms with E-state index >= 15 is 0 Å². The lowest BCUT2D eigenvalue weighted by atomic mass is 10.0. The van der Waals surface area contributed by atoms with Crippen molar-refractivity contribution in [2.75, 3.05) is 26.7 Å². The number of ether oxygens (including phenoxy) is 1. The highest BCUT2D eigenvalue weighted by atomic mass is 16.5. The number of hydrogen-bond acceptors (Lipinski definition) is 4. The molecule has 0 saturated carbocycles. The average Bonchev–Trinajstić information content (AvgIpc) is 3.09. The van der Waals surface area contributed by atoms with Gasteiger partial charge in [0, 0.05) is 26.0 Å². The van der Waals surface area contributed by atoms with E-state index in [1.54, 1.807) is 24.1 Å². The second kappa shape index (κ2) is 8.16. The number of imidazole rings is 1. The average molecular weight is 342 g/mol. The molecule has 1 unspecified atom stereocenters. The standard InChI is InChI=1S/C19H26N4O2/c1-22-13-10-20-18(22)19(24)21-14-17(23-11-4-3-5-12-23)15-6-8-16(25-2)9-7-15/h6-10,13,17H,3-5,11-12,14H2,1-2H3,(H,21,24). The van der Waals surface area contributed by atoms with E-state index in [4.69, 9.17) is 4.74 Å². The van der Waals surface area contributed by atoms with Crippen LogP contribution < -0.4 is 10.1 Å². The van der Waals surface area contributed by atoms with Crippen molar-refractivity contribution in [1.29, 1.82) is 0 Å². The summed E-state index contributed by atoms with van der Waals surface area (Å²) in [6.07, 6.45) is 7.12. The van der Waals surface area contributed by atoms with Crippen molar-refractivity contribution < 1.29 is 9.53 Å². The third-order valence-electron chi connectivity index (χ3n) is 4.81. The topological polar surface area (TPSA) is 59.4 Å². The van der Waals surface area contributed by atoms with Gasteiger partial charge in [0.05, 0.1) is 13.2 Å². The summed E-state index contributed by atoms with van der Waals surface area (Å²) in [6.45, 7) is 2.70. The third-order valence-corrected chi connectivity index (χ3v) is 4.81. The summed E-state index contributed by atoms with van der Waals surface area (Å²) >= 11 is 0. The van der Waals surface area contributed by atoms with Crippen molar-refractivity contribution in [3.63, 3.8) is 0 Å². The molecule has 0 radical (unpaired) electrons. The normalized spacial score (nSPS) is 16.4. The second-order valence-electron chi connectivity index (χ2n) is 6.46. The van der Waals surface area contributed by atoms with Gasteiger partial charge in [-0.3, -0.25) is 9.69 Å². The lowest BCUT2D eigenvalue weighted by molar-refractivity contribution is 0.0911. The minimum Gasteiger partial charge on any atom is -0.497 e. The van der Waals surface area contributed by atoms with E-state index in [1.807, 2.05) is 19.2 Å². The number of hydrogen-bond donors (Lipinski definition) is 1. The summed E-state index contributed by atoms with van der Waals surface area (Å²) in [5.74, 6) is 1.15. The van der Waals surface area contributed by atoms with Gasteiger partial charge < -0.3 is 14.6 Å². The number of benzene rings is 1. The maximum atomic E-state index is 12.4. The number of likely N-dealkylation sites (tertiary alicyclic amines) is 1. The maximum Gasteiger partial charge on any atom is 0.287 e. The smallest absolute Gasteiger partial charge is 0.287 e. The van der Waals surface area contributed by atoms with Crippen LogP contribution in [-0.2, 0) is 7.05 Å². The monoisotopic (exact) mass is 342 g/mol. The number of nitrogens with one attached hydrogen (secondary N) is 1. The van der Waals surface area contributed by atoms with Gasteiger partial charge >= 0.3 is 0 Å². The zero-order valence-corrected chi connectivity index (χ0v) is 14.9. The molecule has 2 heterocycles. The van der Waals surface area contributed by atoms with Crippen LogP contribution in [0, 0.1) is 0 Å². The van der Waals surface area contributed by atoms with Gasteiger partial charge in [0.15, 0.2) is 5.82 Å². The zero-order valence-electron chi connectivity index (χ0n) is 14.9. The molecule has 1 amide bonds. The summed E-state index contributed by atoms with van der Waals surface area (Å²) in [4.78, 5) is 19.0. The Hall–Kier alpha value is -2.34. The van der Waals surface area contributed by atoms with E-state index in [-0.39, 0.29) is 11.9 Å². The molecule has 0 spiro atoms. The Morgan fingerprint density at radius 3 is 2.56 bits per heavy atom. The number of amides is 1. The molecule has 1 aliphatic rings. The molecule has 1 aromatic carbocycles. The predicted octanol–water partition coefficient (Wildman–Crippen LogP) is 2.39. The van der Waals surface area contributed by atoms with E-state index in [0.29, 0.717) is 12.4 Å². The van der Waals surface area contributed by atoms with E-state index < -0.39 is 0 Å². The quantitative estimate of drug-likeness (QED) is 0.876. The molecule has 1 fully saturated rings. The summed E-state index contributed by atoms with van der Waals surface area (Å²) < 4.78 is 7.00. The zero-order chi connectivity index (χ0) is 17.6. The summed E-state index contributed by atoms with van der Waals surface area (Å²) in [5, 5.41) is 3.06. The van der Waals surface area contributed by atoms with Gasteiger partial charge in [0.2, 0.25) is 0 Å². The molecule has 6 nitrogen and oxygen atoms in total. The largest absolute Gasteiger partial charge is 0.497 e. The van der Waals surface area contributed by atoms with Crippen LogP contribution in [-0.4, -0.2) is 47.1 Å². The number of methoxy groups -OCH3 is 1. The van der Waals surface area contributed by atoms with Gasteiger partial charge in [-0.15, -0.1) is 0 Å². The van der Waals surface area contributed by atoms with Crippen molar-refractivity contribution >= 4 is 5.91 Å². The molecule has 1 aromatic heterocycles. The molecule has 1 atom stereocenters. The minimum atomic E-state index is -0.136. The van der Waals surface area contributed by atoms with E-state index in [9.17, 15) is 4.79 Å². The lowest BCUT2D eigenvalue weighted by Crippen LogP contribution is -2.41. The highest BCUT2D eigenvalue weighted by molar-refractivity contribution is 5.90. The van der Waals surface area contributed by atoms with Gasteiger partial charge in [0.25, 0.3) is 5.91 Å². The van der Waals surface area contributed by atoms with Crippen molar-refractivity contribution in [3.05, 3.63) is 48.0 Å². The van der Waals surface area contributed by atoms with Crippen molar-refractivity contribution in [1.82, 2.24) is 19.8 Å². The highest BCUT2D eigenvalue weighted by Gasteiger charge is 2.23. The van der Waals surface area contributed by atoms with E-state index in [2.05, 4.69) is 27.3 Å². The van der Waals surface area contributed by atoms with Crippen LogP contribution in [0.25, 0.3) is 0 Å². The number of aromatic nitrogens is 2. The van der Waals surface area contributed by atoms with Crippen LogP contribution in [0.1, 0.15) is 41.5 Å². The van der Waals surface area contributed by atoms with Gasteiger partial charge in [-0.2, -0.15) is 0 Å². The van der Waals surface area contributed by atoms with Crippen molar-refractivity contribution in [2.24, 2.45) is 7.05 Å². The fourth-order valence-electron chi connectivity index (χ4n) is 3.37. The Balaban J connectivity index is 1.73. The van der Waals surface area contributed by atoms with E-state index in [1.165, 1.54) is 24.8 Å². The lowest BCUT2D eigenvalue weighted by Gasteiger charge is -2.35. The molecule has 134 valence electrons. The van der Waals surface area contributed by atoms with Gasteiger partial charge in [-0.1, -0.05) is 18.6 Å². The number of carbonyl (C=O) groups excluding carboxylic acids is 1. The van der Waals surface area contributed by atoms with Crippen molar-refractivity contribution in [3.8, 4) is 5.75 Å². The molecule has 25 heavy (non-hydrogen) atoms. The first-order valence-corrected chi connectivity index (χ1v) is 8.82. The highest BCUT2D eigenvalue weighted by Crippen LogP contribution is 2.26. The van der Waals surface area contributed by atoms with Crippen molar-refractivity contribution in [2.45, 2.75) is 25.3 Å².